The van der Waals surface area contributed by atoms with E-state index in [1.165, 1.54) is 11.1 Å². The van der Waals surface area contributed by atoms with E-state index in [9.17, 15) is 10.2 Å². The molecule has 0 radical (unpaired) electrons. The Kier molecular flexibility index (Phi) is 10.6. The van der Waals surface area contributed by atoms with Gasteiger partial charge in [0.05, 0.1) is 11.4 Å². The first-order valence-corrected chi connectivity index (χ1v) is 15.9. The third-order valence-corrected chi connectivity index (χ3v) is 7.00. The molecule has 0 saturated heterocycles. The van der Waals surface area contributed by atoms with E-state index in [1.807, 2.05) is 24.3 Å². The molecule has 0 saturated carbocycles. The number of aromatic hydroxyl groups is 2. The van der Waals surface area contributed by atoms with Crippen molar-refractivity contribution in [1.82, 2.24) is 0 Å². The summed E-state index contributed by atoms with van der Waals surface area (Å²) in [6.45, 7) is 26.5. The van der Waals surface area contributed by atoms with Crippen molar-refractivity contribution in [3.05, 3.63) is 81.9 Å². The standard InChI is InChI=1S/C40H56N2O2/c1-37(2,3)21-27-16-29(23-39(7,8)9)35(43)31(18-27)25-41-33-14-13-15-34(20-33)42-26-32-19-28(22-38(4,5)6)17-30(36(32)44)24-40(10,11)12/h13-20,25-26,43-44H,21-24H2,1-12H3. The molecule has 3 aromatic carbocycles. The van der Waals surface area contributed by atoms with E-state index in [0.717, 1.165) is 59.3 Å². The van der Waals surface area contributed by atoms with Crippen molar-refractivity contribution < 1.29 is 10.2 Å². The van der Waals surface area contributed by atoms with Gasteiger partial charge in [-0.05, 0) is 99.9 Å². The molecule has 0 aliphatic heterocycles. The molecule has 0 unspecified atom stereocenters. The number of aliphatic imine (C=N–C) groups is 2. The fraction of sp³-hybridized carbons (Fsp3) is 0.500. The van der Waals surface area contributed by atoms with E-state index in [0.29, 0.717) is 11.5 Å². The van der Waals surface area contributed by atoms with Crippen LogP contribution in [0.25, 0.3) is 0 Å². The highest BCUT2D eigenvalue weighted by molar-refractivity contribution is 5.88. The van der Waals surface area contributed by atoms with Crippen LogP contribution >= 0.6 is 0 Å². The lowest BCUT2D eigenvalue weighted by atomic mass is 9.83. The maximum atomic E-state index is 11.2. The maximum Gasteiger partial charge on any atom is 0.127 e. The Morgan fingerprint density at radius 1 is 0.500 bits per heavy atom. The second-order valence-electron chi connectivity index (χ2n) is 17.4. The van der Waals surface area contributed by atoms with Gasteiger partial charge < -0.3 is 10.2 Å². The predicted molar refractivity (Wildman–Crippen MR) is 190 cm³/mol. The maximum absolute atomic E-state index is 11.2. The highest BCUT2D eigenvalue weighted by Gasteiger charge is 2.21. The molecule has 238 valence electrons. The number of phenols is 2. The molecule has 4 heteroatoms. The van der Waals surface area contributed by atoms with Crippen molar-refractivity contribution in [2.24, 2.45) is 31.6 Å². The Hall–Kier alpha value is -3.40. The third-order valence-electron chi connectivity index (χ3n) is 7.00. The van der Waals surface area contributed by atoms with Gasteiger partial charge in [-0.25, -0.2) is 0 Å². The third kappa shape index (κ3) is 11.6. The minimum absolute atomic E-state index is 0.0484. The molecule has 4 nitrogen and oxygen atoms in total. The average molecular weight is 597 g/mol. The second kappa shape index (κ2) is 13.3. The first kappa shape index (κ1) is 35.1. The molecular formula is C40H56N2O2. The molecule has 0 aliphatic carbocycles. The summed E-state index contributed by atoms with van der Waals surface area (Å²) in [5.74, 6) is 0.597. The average Bonchev–Trinajstić information content (AvgIpc) is 2.82. The molecular weight excluding hydrogens is 540 g/mol. The minimum atomic E-state index is 0.0484. The summed E-state index contributed by atoms with van der Waals surface area (Å²) in [5.41, 5.74) is 7.63. The first-order valence-electron chi connectivity index (χ1n) is 15.9. The van der Waals surface area contributed by atoms with Crippen LogP contribution in [0.4, 0.5) is 11.4 Å². The van der Waals surface area contributed by atoms with Crippen molar-refractivity contribution in [1.29, 1.82) is 0 Å². The molecule has 0 bridgehead atoms. The van der Waals surface area contributed by atoms with Crippen LogP contribution in [0.15, 0.2) is 58.5 Å². The predicted octanol–water partition coefficient (Wildman–Crippen LogP) is 11.0. The number of benzene rings is 3. The van der Waals surface area contributed by atoms with Crippen molar-refractivity contribution in [3.8, 4) is 11.5 Å². The van der Waals surface area contributed by atoms with E-state index in [-0.39, 0.29) is 21.7 Å². The van der Waals surface area contributed by atoms with Crippen LogP contribution in [0, 0.1) is 21.7 Å². The summed E-state index contributed by atoms with van der Waals surface area (Å²) in [4.78, 5) is 9.49. The summed E-state index contributed by atoms with van der Waals surface area (Å²) in [6.07, 6.45) is 6.91. The van der Waals surface area contributed by atoms with Crippen LogP contribution < -0.4 is 0 Å². The van der Waals surface area contributed by atoms with Crippen molar-refractivity contribution in [2.75, 3.05) is 0 Å². The molecule has 0 aliphatic rings. The van der Waals surface area contributed by atoms with Gasteiger partial charge in [-0.1, -0.05) is 101 Å². The van der Waals surface area contributed by atoms with Crippen LogP contribution in [0.5, 0.6) is 11.5 Å². The summed E-state index contributed by atoms with van der Waals surface area (Å²) in [7, 11) is 0. The Bertz CT molecular complexity index is 1390. The second-order valence-corrected chi connectivity index (χ2v) is 17.4. The van der Waals surface area contributed by atoms with Crippen molar-refractivity contribution >= 4 is 23.8 Å². The largest absolute Gasteiger partial charge is 0.507 e. The number of rotatable bonds is 8. The van der Waals surface area contributed by atoms with Gasteiger partial charge in [-0.3, -0.25) is 9.98 Å². The molecule has 0 spiro atoms. The normalized spacial score (nSPS) is 13.4. The number of phenolic OH excluding ortho intramolecular Hbond substituents is 2. The highest BCUT2D eigenvalue weighted by atomic mass is 16.3. The lowest BCUT2D eigenvalue weighted by molar-refractivity contribution is 0.391. The highest BCUT2D eigenvalue weighted by Crippen LogP contribution is 2.34. The molecule has 2 N–H and O–H groups in total. The zero-order valence-electron chi connectivity index (χ0n) is 29.4. The van der Waals surface area contributed by atoms with E-state index < -0.39 is 0 Å². The van der Waals surface area contributed by atoms with Crippen molar-refractivity contribution in [2.45, 2.75) is 109 Å². The Balaban J connectivity index is 1.96. The summed E-state index contributed by atoms with van der Waals surface area (Å²) in [6, 6.07) is 16.1. The summed E-state index contributed by atoms with van der Waals surface area (Å²) < 4.78 is 0. The van der Waals surface area contributed by atoms with Crippen molar-refractivity contribution in [3.63, 3.8) is 0 Å². The van der Waals surface area contributed by atoms with E-state index in [4.69, 9.17) is 9.98 Å². The van der Waals surface area contributed by atoms with Crippen LogP contribution in [-0.4, -0.2) is 22.6 Å². The SMILES string of the molecule is CC(C)(C)Cc1cc(C=Nc2cccc(N=Cc3cc(CC(C)(C)C)cc(CC(C)(C)C)c3O)c2)c(O)c(CC(C)(C)C)c1. The number of nitrogens with zero attached hydrogens (tertiary/aromatic N) is 2. The quantitative estimate of drug-likeness (QED) is 0.254. The Labute approximate surface area is 267 Å². The van der Waals surface area contributed by atoms with Gasteiger partial charge in [0.15, 0.2) is 0 Å². The molecule has 0 amide bonds. The number of hydrogen-bond acceptors (Lipinski definition) is 4. The fourth-order valence-corrected chi connectivity index (χ4v) is 5.55. The van der Waals surface area contributed by atoms with Gasteiger partial charge in [0.25, 0.3) is 0 Å². The molecule has 3 aromatic rings. The molecule has 0 heterocycles. The summed E-state index contributed by atoms with van der Waals surface area (Å²) >= 11 is 0. The van der Waals surface area contributed by atoms with Crippen LogP contribution in [-0.2, 0) is 25.7 Å². The molecule has 44 heavy (non-hydrogen) atoms. The van der Waals surface area contributed by atoms with E-state index >= 15 is 0 Å². The minimum Gasteiger partial charge on any atom is -0.507 e. The lowest BCUT2D eigenvalue weighted by Crippen LogP contribution is -2.13. The monoisotopic (exact) mass is 596 g/mol. The molecule has 0 fully saturated rings. The van der Waals surface area contributed by atoms with Gasteiger partial charge in [0.2, 0.25) is 0 Å². The Morgan fingerprint density at radius 3 is 1.16 bits per heavy atom. The molecule has 0 atom stereocenters. The zero-order chi connectivity index (χ0) is 33.1. The zero-order valence-corrected chi connectivity index (χ0v) is 29.4. The van der Waals surface area contributed by atoms with Gasteiger partial charge in [0, 0.05) is 23.6 Å². The van der Waals surface area contributed by atoms with Gasteiger partial charge in [-0.2, -0.15) is 0 Å². The number of hydrogen-bond donors (Lipinski definition) is 2. The summed E-state index contributed by atoms with van der Waals surface area (Å²) in [5, 5.41) is 22.4. The fourth-order valence-electron chi connectivity index (χ4n) is 5.55. The molecule has 3 rings (SSSR count). The van der Waals surface area contributed by atoms with Crippen LogP contribution in [0.1, 0.15) is 116 Å². The van der Waals surface area contributed by atoms with Gasteiger partial charge in [0.1, 0.15) is 11.5 Å². The van der Waals surface area contributed by atoms with E-state index in [2.05, 4.69) is 107 Å². The van der Waals surface area contributed by atoms with Crippen LogP contribution in [0.3, 0.4) is 0 Å². The van der Waals surface area contributed by atoms with Gasteiger partial charge >= 0.3 is 0 Å². The smallest absolute Gasteiger partial charge is 0.127 e. The molecule has 0 aromatic heterocycles. The van der Waals surface area contributed by atoms with Crippen LogP contribution in [0.2, 0.25) is 0 Å². The Morgan fingerprint density at radius 2 is 0.841 bits per heavy atom. The lowest BCUT2D eigenvalue weighted by Gasteiger charge is -2.23. The first-order chi connectivity index (χ1) is 20.1. The topological polar surface area (TPSA) is 65.2 Å². The van der Waals surface area contributed by atoms with Gasteiger partial charge in [-0.15, -0.1) is 0 Å². The van der Waals surface area contributed by atoms with E-state index in [1.54, 1.807) is 12.4 Å².